The molecule has 1 rings (SSSR count). The van der Waals surface area contributed by atoms with Gasteiger partial charge in [-0.05, 0) is 0 Å². The first kappa shape index (κ1) is 13.2. The highest BCUT2D eigenvalue weighted by Gasteiger charge is 2.39. The number of rotatable bonds is 2. The van der Waals surface area contributed by atoms with Crippen LogP contribution >= 0.6 is 11.6 Å². The molecule has 0 bridgehead atoms. The first-order valence-corrected chi connectivity index (χ1v) is 4.27. The third kappa shape index (κ3) is 3.28. The number of aromatic nitrogens is 1. The highest BCUT2D eigenvalue weighted by atomic mass is 35.5. The Hall–Kier alpha value is -1.90. The monoisotopic (exact) mass is 269 g/mol. The molecular weight excluding hydrogens is 267 g/mol. The molecule has 1 aromatic heterocycles. The summed E-state index contributed by atoms with van der Waals surface area (Å²) < 4.78 is 35.8. The van der Waals surface area contributed by atoms with Crippen LogP contribution in [0.25, 0.3) is 0 Å². The number of pyridine rings is 1. The molecule has 0 atom stereocenters. The van der Waals surface area contributed by atoms with Crippen molar-refractivity contribution in [3.63, 3.8) is 0 Å². The van der Waals surface area contributed by atoms with E-state index < -0.39 is 28.4 Å². The molecule has 0 aliphatic heterocycles. The van der Waals surface area contributed by atoms with Crippen LogP contribution in [-0.2, 0) is 4.79 Å². The molecule has 6 nitrogen and oxygen atoms in total. The van der Waals surface area contributed by atoms with Gasteiger partial charge >= 0.3 is 12.1 Å². The van der Waals surface area contributed by atoms with Crippen molar-refractivity contribution in [2.45, 2.75) is 6.18 Å². The normalized spacial score (nSPS) is 11.1. The van der Waals surface area contributed by atoms with Crippen LogP contribution < -0.4 is 5.32 Å². The summed E-state index contributed by atoms with van der Waals surface area (Å²) in [4.78, 5) is 23.4. The van der Waals surface area contributed by atoms with Gasteiger partial charge in [0.2, 0.25) is 0 Å². The van der Waals surface area contributed by atoms with Gasteiger partial charge in [-0.1, -0.05) is 11.6 Å². The smallest absolute Gasteiger partial charge is 0.311 e. The van der Waals surface area contributed by atoms with Crippen molar-refractivity contribution < 1.29 is 22.9 Å². The third-order valence-corrected chi connectivity index (χ3v) is 1.76. The number of hydrogen-bond acceptors (Lipinski definition) is 4. The highest BCUT2D eigenvalue weighted by Crippen LogP contribution is 2.27. The number of nitrogens with zero attached hydrogens (tertiary/aromatic N) is 2. The summed E-state index contributed by atoms with van der Waals surface area (Å²) in [5.41, 5.74) is -1.45. The van der Waals surface area contributed by atoms with Gasteiger partial charge in [-0.3, -0.25) is 14.9 Å². The van der Waals surface area contributed by atoms with Gasteiger partial charge in [0.1, 0.15) is 10.8 Å². The van der Waals surface area contributed by atoms with E-state index in [1.165, 1.54) is 5.32 Å². The minimum Gasteiger partial charge on any atom is -0.311 e. The fourth-order valence-corrected chi connectivity index (χ4v) is 1.01. The minimum atomic E-state index is -5.15. The highest BCUT2D eigenvalue weighted by molar-refractivity contribution is 6.29. The quantitative estimate of drug-likeness (QED) is 0.506. The van der Waals surface area contributed by atoms with Gasteiger partial charge in [0, 0.05) is 0 Å². The molecule has 10 heteroatoms. The average Bonchev–Trinajstić information content (AvgIpc) is 2.18. The Morgan fingerprint density at radius 3 is 2.59 bits per heavy atom. The van der Waals surface area contributed by atoms with Crippen LogP contribution in [-0.4, -0.2) is 22.0 Å². The number of carbonyl (C=O) groups is 1. The summed E-state index contributed by atoms with van der Waals surface area (Å²) in [5.74, 6) is -2.33. The van der Waals surface area contributed by atoms with Gasteiger partial charge in [-0.2, -0.15) is 13.2 Å². The van der Waals surface area contributed by atoms with Crippen molar-refractivity contribution in [1.82, 2.24) is 4.98 Å². The average molecular weight is 270 g/mol. The molecule has 1 N–H and O–H groups in total. The van der Waals surface area contributed by atoms with Crippen LogP contribution in [0, 0.1) is 10.1 Å². The molecule has 92 valence electrons. The molecule has 0 aromatic carbocycles. The van der Waals surface area contributed by atoms with Crippen molar-refractivity contribution in [3.05, 3.63) is 27.5 Å². The molecule has 1 heterocycles. The Kier molecular flexibility index (Phi) is 3.51. The van der Waals surface area contributed by atoms with Gasteiger partial charge in [0.15, 0.2) is 0 Å². The summed E-state index contributed by atoms with van der Waals surface area (Å²) in [6.45, 7) is 0. The predicted molar refractivity (Wildman–Crippen MR) is 50.6 cm³/mol. The maximum atomic E-state index is 11.9. The van der Waals surface area contributed by atoms with Crippen molar-refractivity contribution >= 4 is 28.9 Å². The second kappa shape index (κ2) is 4.53. The van der Waals surface area contributed by atoms with E-state index in [2.05, 4.69) is 4.98 Å². The minimum absolute atomic E-state index is 0.276. The summed E-state index contributed by atoms with van der Waals surface area (Å²) in [5, 5.41) is 11.5. The first-order chi connectivity index (χ1) is 7.71. The number of anilines is 1. The molecule has 0 aliphatic rings. The van der Waals surface area contributed by atoms with Crippen LogP contribution in [0.3, 0.4) is 0 Å². The molecular formula is C7H3ClF3N3O3. The Morgan fingerprint density at radius 1 is 1.53 bits per heavy atom. The zero-order valence-electron chi connectivity index (χ0n) is 7.79. The largest absolute Gasteiger partial charge is 0.471 e. The summed E-state index contributed by atoms with van der Waals surface area (Å²) in [6.07, 6.45) is -4.47. The SMILES string of the molecule is O=C(Nc1cnc(Cl)cc1[N+](=O)[O-])C(F)(F)F. The second-order valence-corrected chi connectivity index (χ2v) is 3.12. The van der Waals surface area contributed by atoms with Gasteiger partial charge in [0.05, 0.1) is 17.2 Å². The van der Waals surface area contributed by atoms with E-state index in [4.69, 9.17) is 11.6 Å². The number of amides is 1. The molecule has 0 saturated carbocycles. The summed E-state index contributed by atoms with van der Waals surface area (Å²) in [7, 11) is 0. The van der Waals surface area contributed by atoms with E-state index in [1.807, 2.05) is 0 Å². The lowest BCUT2D eigenvalue weighted by molar-refractivity contribution is -0.384. The van der Waals surface area contributed by atoms with Crippen LogP contribution in [0.1, 0.15) is 0 Å². The Bertz CT molecular complexity index is 477. The first-order valence-electron chi connectivity index (χ1n) is 3.90. The van der Waals surface area contributed by atoms with Crippen molar-refractivity contribution in [2.24, 2.45) is 0 Å². The molecule has 0 unspecified atom stereocenters. The Morgan fingerprint density at radius 2 is 2.12 bits per heavy atom. The maximum absolute atomic E-state index is 11.9. The zero-order chi connectivity index (χ0) is 13.2. The van der Waals surface area contributed by atoms with E-state index in [0.717, 1.165) is 6.07 Å². The molecule has 1 amide bonds. The topological polar surface area (TPSA) is 85.1 Å². The van der Waals surface area contributed by atoms with Crippen LogP contribution in [0.5, 0.6) is 0 Å². The van der Waals surface area contributed by atoms with Gasteiger partial charge in [0.25, 0.3) is 5.69 Å². The number of alkyl halides is 3. The number of nitrogens with one attached hydrogen (secondary N) is 1. The van der Waals surface area contributed by atoms with Crippen molar-refractivity contribution in [1.29, 1.82) is 0 Å². The van der Waals surface area contributed by atoms with Gasteiger partial charge < -0.3 is 5.32 Å². The standard InChI is InChI=1S/C7H3ClF3N3O3/c8-5-1-4(14(16)17)3(2-12-5)13-6(15)7(9,10)11/h1-2H,(H,13,15). The fourth-order valence-electron chi connectivity index (χ4n) is 0.861. The Labute approximate surface area is 96.5 Å². The fraction of sp³-hybridized carbons (Fsp3) is 0.143. The zero-order valence-corrected chi connectivity index (χ0v) is 8.54. The van der Waals surface area contributed by atoms with E-state index in [0.29, 0.717) is 6.20 Å². The van der Waals surface area contributed by atoms with Gasteiger partial charge in [-0.15, -0.1) is 0 Å². The van der Waals surface area contributed by atoms with Gasteiger partial charge in [-0.25, -0.2) is 4.98 Å². The van der Waals surface area contributed by atoms with E-state index in [9.17, 15) is 28.1 Å². The van der Waals surface area contributed by atoms with Crippen LogP contribution in [0.2, 0.25) is 5.15 Å². The lowest BCUT2D eigenvalue weighted by Crippen LogP contribution is -2.30. The predicted octanol–water partition coefficient (Wildman–Crippen LogP) is 2.14. The second-order valence-electron chi connectivity index (χ2n) is 2.73. The molecule has 17 heavy (non-hydrogen) atoms. The Balaban J connectivity index is 3.07. The van der Waals surface area contributed by atoms with Crippen LogP contribution in [0.15, 0.2) is 12.3 Å². The molecule has 0 fully saturated rings. The number of hydrogen-bond donors (Lipinski definition) is 1. The van der Waals surface area contributed by atoms with E-state index >= 15 is 0 Å². The van der Waals surface area contributed by atoms with E-state index in [-0.39, 0.29) is 5.15 Å². The summed E-state index contributed by atoms with van der Waals surface area (Å²) >= 11 is 5.34. The molecule has 0 spiro atoms. The van der Waals surface area contributed by atoms with Crippen molar-refractivity contribution in [2.75, 3.05) is 5.32 Å². The summed E-state index contributed by atoms with van der Waals surface area (Å²) in [6, 6.07) is 0.730. The molecule has 0 aliphatic carbocycles. The van der Waals surface area contributed by atoms with Crippen molar-refractivity contribution in [3.8, 4) is 0 Å². The number of halogens is 4. The molecule has 0 saturated heterocycles. The number of carbonyl (C=O) groups excluding carboxylic acids is 1. The molecule has 0 radical (unpaired) electrons. The lowest BCUT2D eigenvalue weighted by Gasteiger charge is -2.07. The maximum Gasteiger partial charge on any atom is 0.471 e. The van der Waals surface area contributed by atoms with E-state index in [1.54, 1.807) is 0 Å². The third-order valence-electron chi connectivity index (χ3n) is 1.55. The lowest BCUT2D eigenvalue weighted by atomic mass is 10.3. The number of nitro groups is 1. The van der Waals surface area contributed by atoms with Crippen LogP contribution in [0.4, 0.5) is 24.5 Å². The molecule has 1 aromatic rings.